The first-order valence-corrected chi connectivity index (χ1v) is 9.12. The van der Waals surface area contributed by atoms with Gasteiger partial charge in [0.1, 0.15) is 0 Å². The van der Waals surface area contributed by atoms with Gasteiger partial charge in [-0.2, -0.15) is 5.10 Å². The van der Waals surface area contributed by atoms with Crippen LogP contribution < -0.4 is 5.32 Å². The molecule has 0 saturated carbocycles. The van der Waals surface area contributed by atoms with Crippen LogP contribution in [0.15, 0.2) is 24.3 Å². The molecule has 26 heavy (non-hydrogen) atoms. The summed E-state index contributed by atoms with van der Waals surface area (Å²) in [6.07, 6.45) is 0. The van der Waals surface area contributed by atoms with Crippen LogP contribution >= 0.6 is 11.6 Å². The fourth-order valence-corrected chi connectivity index (χ4v) is 3.26. The molecule has 2 amide bonds. The number of carbonyl (C=O) groups is 2. The molecule has 3 rings (SSSR count). The SMILES string of the molecule is Cc1c(Cl)cccc1C(=O)NCc1cc2n(n1)CCN(C(=O)C(C)C)C2. The van der Waals surface area contributed by atoms with Crippen LogP contribution in [-0.4, -0.2) is 33.0 Å². The summed E-state index contributed by atoms with van der Waals surface area (Å²) in [5.74, 6) is -0.0273. The maximum Gasteiger partial charge on any atom is 0.251 e. The van der Waals surface area contributed by atoms with Crippen molar-refractivity contribution in [1.82, 2.24) is 20.0 Å². The zero-order valence-electron chi connectivity index (χ0n) is 15.3. The van der Waals surface area contributed by atoms with Crippen molar-refractivity contribution in [3.63, 3.8) is 0 Å². The Kier molecular flexibility index (Phi) is 5.32. The minimum Gasteiger partial charge on any atom is -0.346 e. The van der Waals surface area contributed by atoms with Crippen LogP contribution in [0, 0.1) is 12.8 Å². The Morgan fingerprint density at radius 1 is 1.31 bits per heavy atom. The van der Waals surface area contributed by atoms with Crippen molar-refractivity contribution in [2.45, 2.75) is 40.4 Å². The second-order valence-corrected chi connectivity index (χ2v) is 7.27. The number of halogens is 1. The third-order valence-electron chi connectivity index (χ3n) is 4.60. The van der Waals surface area contributed by atoms with Crippen LogP contribution in [0.2, 0.25) is 5.02 Å². The van der Waals surface area contributed by atoms with Crippen molar-refractivity contribution in [3.05, 3.63) is 51.8 Å². The summed E-state index contributed by atoms with van der Waals surface area (Å²) in [6.45, 7) is 7.88. The van der Waals surface area contributed by atoms with Crippen LogP contribution in [-0.2, 0) is 24.4 Å². The van der Waals surface area contributed by atoms with Gasteiger partial charge in [0.2, 0.25) is 5.91 Å². The fraction of sp³-hybridized carbons (Fsp3) is 0.421. The fourth-order valence-electron chi connectivity index (χ4n) is 3.09. The molecule has 0 aliphatic carbocycles. The van der Waals surface area contributed by atoms with E-state index < -0.39 is 0 Å². The van der Waals surface area contributed by atoms with Crippen LogP contribution in [0.3, 0.4) is 0 Å². The molecule has 0 atom stereocenters. The molecule has 0 unspecified atom stereocenters. The topological polar surface area (TPSA) is 67.2 Å². The normalized spacial score (nSPS) is 13.7. The number of fused-ring (bicyclic) bond motifs is 1. The monoisotopic (exact) mass is 374 g/mol. The first-order chi connectivity index (χ1) is 12.4. The summed E-state index contributed by atoms with van der Waals surface area (Å²) in [5.41, 5.74) is 3.11. The molecule has 138 valence electrons. The molecular weight excluding hydrogens is 352 g/mol. The molecule has 0 radical (unpaired) electrons. The maximum absolute atomic E-state index is 12.4. The highest BCUT2D eigenvalue weighted by Crippen LogP contribution is 2.19. The molecule has 0 bridgehead atoms. The number of carbonyl (C=O) groups excluding carboxylic acids is 2. The number of benzene rings is 1. The van der Waals surface area contributed by atoms with Crippen molar-refractivity contribution in [3.8, 4) is 0 Å². The number of nitrogens with zero attached hydrogens (tertiary/aromatic N) is 3. The Balaban J connectivity index is 1.65. The lowest BCUT2D eigenvalue weighted by molar-refractivity contribution is -0.136. The Morgan fingerprint density at radius 3 is 2.81 bits per heavy atom. The highest BCUT2D eigenvalue weighted by Gasteiger charge is 2.24. The van der Waals surface area contributed by atoms with Gasteiger partial charge in [-0.3, -0.25) is 14.3 Å². The highest BCUT2D eigenvalue weighted by atomic mass is 35.5. The van der Waals surface area contributed by atoms with E-state index in [1.54, 1.807) is 18.2 Å². The zero-order valence-corrected chi connectivity index (χ0v) is 16.0. The summed E-state index contributed by atoms with van der Waals surface area (Å²) in [4.78, 5) is 26.4. The summed E-state index contributed by atoms with van der Waals surface area (Å²) < 4.78 is 1.91. The predicted molar refractivity (Wildman–Crippen MR) is 99.8 cm³/mol. The Morgan fingerprint density at radius 2 is 2.08 bits per heavy atom. The molecule has 1 aromatic heterocycles. The quantitative estimate of drug-likeness (QED) is 0.894. The van der Waals surface area contributed by atoms with Gasteiger partial charge in [0, 0.05) is 23.0 Å². The Hall–Kier alpha value is -2.34. The Labute approximate surface area is 158 Å². The molecule has 6 nitrogen and oxygen atoms in total. The number of nitrogens with one attached hydrogen (secondary N) is 1. The number of amides is 2. The van der Waals surface area contributed by atoms with Crippen LogP contribution in [0.4, 0.5) is 0 Å². The molecule has 0 fully saturated rings. The van der Waals surface area contributed by atoms with E-state index >= 15 is 0 Å². The van der Waals surface area contributed by atoms with Crippen molar-refractivity contribution >= 4 is 23.4 Å². The lowest BCUT2D eigenvalue weighted by Crippen LogP contribution is -2.40. The third kappa shape index (κ3) is 3.75. The summed E-state index contributed by atoms with van der Waals surface area (Å²) in [6, 6.07) is 7.23. The number of aromatic nitrogens is 2. The van der Waals surface area contributed by atoms with E-state index in [1.807, 2.05) is 36.4 Å². The molecule has 7 heteroatoms. The van der Waals surface area contributed by atoms with Crippen molar-refractivity contribution < 1.29 is 9.59 Å². The molecule has 0 saturated heterocycles. The van der Waals surface area contributed by atoms with E-state index in [4.69, 9.17) is 11.6 Å². The second kappa shape index (κ2) is 7.50. The minimum atomic E-state index is -0.174. The van der Waals surface area contributed by atoms with Gasteiger partial charge in [-0.15, -0.1) is 0 Å². The summed E-state index contributed by atoms with van der Waals surface area (Å²) in [7, 11) is 0. The number of hydrogen-bond acceptors (Lipinski definition) is 3. The zero-order chi connectivity index (χ0) is 18.8. The highest BCUT2D eigenvalue weighted by molar-refractivity contribution is 6.31. The van der Waals surface area contributed by atoms with E-state index in [2.05, 4.69) is 10.4 Å². The van der Waals surface area contributed by atoms with Gasteiger partial charge in [0.25, 0.3) is 5.91 Å². The lowest BCUT2D eigenvalue weighted by atomic mass is 10.1. The molecule has 2 heterocycles. The van der Waals surface area contributed by atoms with E-state index in [0.29, 0.717) is 36.8 Å². The number of rotatable bonds is 4. The lowest BCUT2D eigenvalue weighted by Gasteiger charge is -2.29. The smallest absolute Gasteiger partial charge is 0.251 e. The van der Waals surface area contributed by atoms with E-state index in [1.165, 1.54) is 0 Å². The van der Waals surface area contributed by atoms with Crippen molar-refractivity contribution in [1.29, 1.82) is 0 Å². The van der Waals surface area contributed by atoms with Gasteiger partial charge in [-0.25, -0.2) is 0 Å². The largest absolute Gasteiger partial charge is 0.346 e. The molecule has 2 aromatic rings. The summed E-state index contributed by atoms with van der Waals surface area (Å²) in [5, 5.41) is 8.00. The molecule has 1 aromatic carbocycles. The minimum absolute atomic E-state index is 0.0100. The van der Waals surface area contributed by atoms with E-state index in [0.717, 1.165) is 17.0 Å². The van der Waals surface area contributed by atoms with Crippen LogP contribution in [0.25, 0.3) is 0 Å². The summed E-state index contributed by atoms with van der Waals surface area (Å²) >= 11 is 6.08. The molecule has 1 aliphatic heterocycles. The van der Waals surface area contributed by atoms with E-state index in [-0.39, 0.29) is 17.7 Å². The molecule has 0 spiro atoms. The maximum atomic E-state index is 12.4. The number of hydrogen-bond donors (Lipinski definition) is 1. The Bertz CT molecular complexity index is 844. The first kappa shape index (κ1) is 18.5. The average Bonchev–Trinajstić information content (AvgIpc) is 3.03. The second-order valence-electron chi connectivity index (χ2n) is 6.86. The predicted octanol–water partition coefficient (Wildman–Crippen LogP) is 2.77. The molecule has 1 N–H and O–H groups in total. The van der Waals surface area contributed by atoms with Gasteiger partial charge in [0.05, 0.1) is 31.0 Å². The molecule has 1 aliphatic rings. The van der Waals surface area contributed by atoms with Crippen molar-refractivity contribution in [2.75, 3.05) is 6.54 Å². The van der Waals surface area contributed by atoms with Crippen LogP contribution in [0.1, 0.15) is 41.2 Å². The van der Waals surface area contributed by atoms with E-state index in [9.17, 15) is 9.59 Å². The van der Waals surface area contributed by atoms with Gasteiger partial charge in [0.15, 0.2) is 0 Å². The van der Waals surface area contributed by atoms with Crippen LogP contribution in [0.5, 0.6) is 0 Å². The van der Waals surface area contributed by atoms with Gasteiger partial charge < -0.3 is 10.2 Å². The van der Waals surface area contributed by atoms with Gasteiger partial charge in [-0.05, 0) is 30.7 Å². The standard InChI is InChI=1S/C19H23ClN4O2/c1-12(2)19(26)23-7-8-24-15(11-23)9-14(22-24)10-21-18(25)16-5-4-6-17(20)13(16)3/h4-6,9,12H,7-8,10-11H2,1-3H3,(H,21,25). The third-order valence-corrected chi connectivity index (χ3v) is 5.01. The van der Waals surface area contributed by atoms with Crippen molar-refractivity contribution in [2.24, 2.45) is 5.92 Å². The average molecular weight is 375 g/mol. The van der Waals surface area contributed by atoms with Gasteiger partial charge >= 0.3 is 0 Å². The molecular formula is C19H23ClN4O2. The van der Waals surface area contributed by atoms with Gasteiger partial charge in [-0.1, -0.05) is 31.5 Å². The first-order valence-electron chi connectivity index (χ1n) is 8.74.